The van der Waals surface area contributed by atoms with Crippen LogP contribution in [0.5, 0.6) is 11.5 Å². The van der Waals surface area contributed by atoms with Gasteiger partial charge in [-0.15, -0.1) is 11.3 Å². The van der Waals surface area contributed by atoms with E-state index < -0.39 is 20.5 Å². The van der Waals surface area contributed by atoms with E-state index in [1.54, 1.807) is 35.2 Å². The monoisotopic (exact) mass is 538 g/mol. The van der Waals surface area contributed by atoms with E-state index in [4.69, 9.17) is 19.4 Å². The van der Waals surface area contributed by atoms with E-state index in [9.17, 15) is 13.2 Å². The molecular formula is C23H26N2O7S3. The minimum Gasteiger partial charge on any atom is -0.494 e. The smallest absolute Gasteiger partial charge is 0.265 e. The second-order valence-electron chi connectivity index (χ2n) is 7.76. The maximum atomic E-state index is 13.3. The molecule has 9 nitrogen and oxygen atoms in total. The molecule has 2 aromatic carbocycles. The molecule has 0 radical (unpaired) electrons. The van der Waals surface area contributed by atoms with Gasteiger partial charge in [0, 0.05) is 19.0 Å². The van der Waals surface area contributed by atoms with Crippen LogP contribution in [-0.2, 0) is 19.4 Å². The summed E-state index contributed by atoms with van der Waals surface area (Å²) in [4.78, 5) is 16.9. The number of nitrogens with zero attached hydrogens (tertiary/aromatic N) is 1. The molecule has 3 aromatic rings. The van der Waals surface area contributed by atoms with Crippen molar-refractivity contribution in [1.82, 2.24) is 10.5 Å². The molecule has 1 saturated heterocycles. The number of fused-ring (bicyclic) bond motifs is 1. The fourth-order valence-electron chi connectivity index (χ4n) is 3.85. The molecule has 12 heteroatoms. The van der Waals surface area contributed by atoms with E-state index in [0.717, 1.165) is 20.3 Å². The van der Waals surface area contributed by atoms with Gasteiger partial charge >= 0.3 is 0 Å². The highest BCUT2D eigenvalue weighted by molar-refractivity contribution is 8.01. The maximum Gasteiger partial charge on any atom is 0.265 e. The van der Waals surface area contributed by atoms with Gasteiger partial charge in [-0.05, 0) is 62.2 Å². The Bertz CT molecular complexity index is 1270. The van der Waals surface area contributed by atoms with E-state index in [1.807, 2.05) is 25.1 Å². The summed E-state index contributed by atoms with van der Waals surface area (Å²) in [6, 6.07) is 11.8. The van der Waals surface area contributed by atoms with Gasteiger partial charge in [0.05, 0.1) is 28.3 Å². The summed E-state index contributed by atoms with van der Waals surface area (Å²) in [6.07, 6.45) is -0.0637. The topological polar surface area (TPSA) is 124 Å². The molecule has 2 heterocycles. The molecule has 35 heavy (non-hydrogen) atoms. The van der Waals surface area contributed by atoms with Crippen LogP contribution in [0.3, 0.4) is 0 Å². The highest BCUT2D eigenvalue weighted by atomic mass is 32.2. The number of hydroxylamine groups is 1. The van der Waals surface area contributed by atoms with Crippen molar-refractivity contribution in [2.75, 3.05) is 32.2 Å². The number of rotatable bonds is 10. The number of ether oxygens (including phenoxy) is 3. The Morgan fingerprint density at radius 3 is 2.57 bits per heavy atom. The molecule has 0 spiro atoms. The molecular weight excluding hydrogens is 512 g/mol. The largest absolute Gasteiger partial charge is 0.494 e. The lowest BCUT2D eigenvalue weighted by Gasteiger charge is -2.34. The molecule has 188 valence electrons. The Hall–Kier alpha value is -2.38. The van der Waals surface area contributed by atoms with Crippen molar-refractivity contribution in [2.45, 2.75) is 33.7 Å². The van der Waals surface area contributed by atoms with Crippen molar-refractivity contribution >= 4 is 49.1 Å². The van der Waals surface area contributed by atoms with Crippen LogP contribution in [0.15, 0.2) is 51.7 Å². The molecule has 1 aliphatic heterocycles. The number of amides is 1. The van der Waals surface area contributed by atoms with Crippen LogP contribution < -0.4 is 15.0 Å². The average molecular weight is 539 g/mol. The quantitative estimate of drug-likeness (QED) is 0.172. The molecule has 0 unspecified atom stereocenters. The maximum absolute atomic E-state index is 13.3. The Balaban J connectivity index is 1.35. The van der Waals surface area contributed by atoms with Crippen LogP contribution in [0.2, 0.25) is 0 Å². The predicted molar refractivity (Wildman–Crippen MR) is 133 cm³/mol. The number of nitrogens with one attached hydrogen (secondary N) is 1. The summed E-state index contributed by atoms with van der Waals surface area (Å²) in [5.74, 6) is 1.07. The van der Waals surface area contributed by atoms with E-state index in [2.05, 4.69) is 4.98 Å². The molecule has 2 N–H and O–H groups in total. The zero-order chi connectivity index (χ0) is 24.9. The first-order valence-electron chi connectivity index (χ1n) is 11.1. The lowest BCUT2D eigenvalue weighted by atomic mass is 9.98. The standard InChI is InChI=1S/C23H26N2O7S3/c1-2-31-17-5-8-19-20(15-17)34-22(24-19)33-14-13-32-16-3-6-18(7-4-16)35(28,29)23(21(26)25-27)9-11-30-12-10-23/h3-8,15,27H,2,9-14H2,1H3,(H,25,26). The van der Waals surface area contributed by atoms with Crippen molar-refractivity contribution in [1.29, 1.82) is 0 Å². The second-order valence-corrected chi connectivity index (χ2v) is 12.4. The minimum atomic E-state index is -4.06. The number of benzene rings is 2. The van der Waals surface area contributed by atoms with Gasteiger partial charge in [-0.25, -0.2) is 18.9 Å². The molecule has 1 aromatic heterocycles. The van der Waals surface area contributed by atoms with Gasteiger partial charge in [0.15, 0.2) is 18.9 Å². The average Bonchev–Trinajstić information content (AvgIpc) is 3.29. The zero-order valence-electron chi connectivity index (χ0n) is 19.1. The number of aromatic nitrogens is 1. The molecule has 4 rings (SSSR count). The van der Waals surface area contributed by atoms with Gasteiger partial charge in [-0.1, -0.05) is 11.8 Å². The fourth-order valence-corrected chi connectivity index (χ4v) is 7.78. The van der Waals surface area contributed by atoms with Gasteiger partial charge in [-0.3, -0.25) is 10.0 Å². The van der Waals surface area contributed by atoms with E-state index in [-0.39, 0.29) is 31.0 Å². The van der Waals surface area contributed by atoms with Crippen LogP contribution in [0.25, 0.3) is 10.2 Å². The zero-order valence-corrected chi connectivity index (χ0v) is 21.5. The van der Waals surface area contributed by atoms with Gasteiger partial charge < -0.3 is 14.2 Å². The van der Waals surface area contributed by atoms with Crippen LogP contribution >= 0.6 is 23.1 Å². The molecule has 0 atom stereocenters. The van der Waals surface area contributed by atoms with Crippen LogP contribution in [0.4, 0.5) is 0 Å². The summed E-state index contributed by atoms with van der Waals surface area (Å²) < 4.78 is 43.3. The Morgan fingerprint density at radius 1 is 1.17 bits per heavy atom. The highest BCUT2D eigenvalue weighted by Gasteiger charge is 2.52. The van der Waals surface area contributed by atoms with Crippen LogP contribution in [0, 0.1) is 0 Å². The number of carbonyl (C=O) groups is 1. The van der Waals surface area contributed by atoms with Gasteiger partial charge in [-0.2, -0.15) is 0 Å². The molecule has 0 bridgehead atoms. The number of thioether (sulfide) groups is 1. The highest BCUT2D eigenvalue weighted by Crippen LogP contribution is 2.36. The first-order valence-corrected chi connectivity index (χ1v) is 14.3. The molecule has 0 aliphatic carbocycles. The molecule has 0 saturated carbocycles. The summed E-state index contributed by atoms with van der Waals surface area (Å²) in [7, 11) is -4.06. The third-order valence-electron chi connectivity index (χ3n) is 5.69. The van der Waals surface area contributed by atoms with E-state index in [0.29, 0.717) is 24.7 Å². The summed E-state index contributed by atoms with van der Waals surface area (Å²) in [5.41, 5.74) is 2.44. The lowest BCUT2D eigenvalue weighted by Crippen LogP contribution is -2.54. The van der Waals surface area contributed by atoms with E-state index >= 15 is 0 Å². The van der Waals surface area contributed by atoms with Gasteiger partial charge in [0.25, 0.3) is 5.91 Å². The summed E-state index contributed by atoms with van der Waals surface area (Å²) >= 11 is 3.18. The normalized spacial score (nSPS) is 15.6. The second kappa shape index (κ2) is 11.1. The predicted octanol–water partition coefficient (Wildman–Crippen LogP) is 3.69. The summed E-state index contributed by atoms with van der Waals surface area (Å²) in [6.45, 7) is 3.21. The number of hydrogen-bond donors (Lipinski definition) is 2. The third-order valence-corrected chi connectivity index (χ3v) is 10.3. The first kappa shape index (κ1) is 25.7. The first-order chi connectivity index (χ1) is 16.9. The van der Waals surface area contributed by atoms with E-state index in [1.165, 1.54) is 17.6 Å². The van der Waals surface area contributed by atoms with Crippen molar-refractivity contribution in [3.63, 3.8) is 0 Å². The SMILES string of the molecule is CCOc1ccc2nc(SCCOc3ccc(S(=O)(=O)C4(C(=O)NO)CCOCC4)cc3)sc2c1. The minimum absolute atomic E-state index is 0.00868. The Kier molecular flexibility index (Phi) is 8.17. The van der Waals surface area contributed by atoms with Crippen LogP contribution in [0.1, 0.15) is 19.8 Å². The fraction of sp³-hybridized carbons (Fsp3) is 0.391. The third kappa shape index (κ3) is 5.41. The number of hydrogen-bond acceptors (Lipinski definition) is 10. The summed E-state index contributed by atoms with van der Waals surface area (Å²) in [5, 5.41) is 9.15. The van der Waals surface area contributed by atoms with Gasteiger partial charge in [0.2, 0.25) is 0 Å². The van der Waals surface area contributed by atoms with Crippen molar-refractivity contribution in [3.8, 4) is 11.5 Å². The lowest BCUT2D eigenvalue weighted by molar-refractivity contribution is -0.134. The number of thiazole rings is 1. The Morgan fingerprint density at radius 2 is 1.89 bits per heavy atom. The molecule has 1 fully saturated rings. The molecule has 1 aliphatic rings. The van der Waals surface area contributed by atoms with Crippen molar-refractivity contribution in [3.05, 3.63) is 42.5 Å². The number of carbonyl (C=O) groups excluding carboxylic acids is 1. The number of sulfone groups is 1. The van der Waals surface area contributed by atoms with Crippen molar-refractivity contribution < 1.29 is 32.6 Å². The Labute approximate surface area is 211 Å². The van der Waals surface area contributed by atoms with Gasteiger partial charge in [0.1, 0.15) is 11.5 Å². The van der Waals surface area contributed by atoms with Crippen LogP contribution in [-0.4, -0.2) is 61.4 Å². The van der Waals surface area contributed by atoms with Crippen molar-refractivity contribution in [2.24, 2.45) is 0 Å². The molecule has 1 amide bonds.